The van der Waals surface area contributed by atoms with Crippen molar-refractivity contribution in [2.45, 2.75) is 6.10 Å². The Morgan fingerprint density at radius 2 is 2.12 bits per heavy atom. The van der Waals surface area contributed by atoms with Crippen LogP contribution in [0.4, 0.5) is 10.1 Å². The quantitative estimate of drug-likeness (QED) is 0.604. The number of nitro groups is 1. The Morgan fingerprint density at radius 3 is 2.65 bits per heavy atom. The van der Waals surface area contributed by atoms with E-state index in [0.29, 0.717) is 0 Å². The van der Waals surface area contributed by atoms with E-state index in [0.717, 1.165) is 18.2 Å². The molecule has 0 unspecified atom stereocenters. The summed E-state index contributed by atoms with van der Waals surface area (Å²) in [6.07, 6.45) is -0.567. The van der Waals surface area contributed by atoms with E-state index in [9.17, 15) is 19.3 Å². The zero-order chi connectivity index (χ0) is 12.6. The summed E-state index contributed by atoms with van der Waals surface area (Å²) in [6, 6.07) is 2.72. The second kappa shape index (κ2) is 4.10. The molecule has 1 aliphatic rings. The van der Waals surface area contributed by atoms with E-state index in [1.807, 2.05) is 0 Å². The normalized spacial score (nSPS) is 15.5. The van der Waals surface area contributed by atoms with Crippen LogP contribution in [0.15, 0.2) is 18.2 Å². The predicted molar refractivity (Wildman–Crippen MR) is 55.0 cm³/mol. The number of carbonyl (C=O) groups excluding carboxylic acids is 1. The Hall–Kier alpha value is -2.02. The highest BCUT2D eigenvalue weighted by Crippen LogP contribution is 2.19. The summed E-state index contributed by atoms with van der Waals surface area (Å²) in [4.78, 5) is 22.8. The van der Waals surface area contributed by atoms with Crippen LogP contribution in [-0.4, -0.2) is 40.0 Å². The van der Waals surface area contributed by atoms with E-state index in [-0.39, 0.29) is 18.7 Å². The molecule has 90 valence electrons. The van der Waals surface area contributed by atoms with Crippen LogP contribution in [-0.2, 0) is 0 Å². The average Bonchev–Trinajstić information content (AvgIpc) is 2.23. The van der Waals surface area contributed by atoms with Gasteiger partial charge in [-0.25, -0.2) is 4.39 Å². The fraction of sp³-hybridized carbons (Fsp3) is 0.300. The molecule has 0 radical (unpaired) electrons. The molecule has 1 aliphatic heterocycles. The third kappa shape index (κ3) is 2.23. The average molecular weight is 240 g/mol. The van der Waals surface area contributed by atoms with E-state index in [2.05, 4.69) is 0 Å². The third-order valence-electron chi connectivity index (χ3n) is 2.49. The number of amides is 1. The molecule has 0 aromatic heterocycles. The first-order chi connectivity index (χ1) is 7.97. The molecular weight excluding hydrogens is 231 g/mol. The number of aliphatic hydroxyl groups is 1. The molecule has 0 bridgehead atoms. The number of rotatable bonds is 2. The van der Waals surface area contributed by atoms with E-state index in [1.165, 1.54) is 4.90 Å². The van der Waals surface area contributed by atoms with Crippen LogP contribution in [0.25, 0.3) is 0 Å². The molecule has 0 atom stereocenters. The zero-order valence-corrected chi connectivity index (χ0v) is 8.67. The molecule has 1 saturated heterocycles. The fourth-order valence-corrected chi connectivity index (χ4v) is 1.61. The van der Waals surface area contributed by atoms with Gasteiger partial charge in [0.25, 0.3) is 11.6 Å². The highest BCUT2D eigenvalue weighted by Gasteiger charge is 2.30. The number of nitrogens with zero attached hydrogens (tertiary/aromatic N) is 2. The van der Waals surface area contributed by atoms with Crippen molar-refractivity contribution < 1.29 is 19.2 Å². The van der Waals surface area contributed by atoms with Gasteiger partial charge in [-0.3, -0.25) is 14.9 Å². The molecule has 7 heteroatoms. The summed E-state index contributed by atoms with van der Waals surface area (Å²) in [5.41, 5.74) is -0.543. The lowest BCUT2D eigenvalue weighted by Gasteiger charge is -2.35. The van der Waals surface area contributed by atoms with Crippen molar-refractivity contribution in [3.63, 3.8) is 0 Å². The lowest BCUT2D eigenvalue weighted by molar-refractivity contribution is -0.385. The number of aliphatic hydroxyl groups excluding tert-OH is 1. The summed E-state index contributed by atoms with van der Waals surface area (Å²) >= 11 is 0. The van der Waals surface area contributed by atoms with E-state index >= 15 is 0 Å². The maximum Gasteiger partial charge on any atom is 0.273 e. The Kier molecular flexibility index (Phi) is 2.76. The zero-order valence-electron chi connectivity index (χ0n) is 8.67. The van der Waals surface area contributed by atoms with Crippen LogP contribution in [0.2, 0.25) is 0 Å². The first kappa shape index (κ1) is 11.5. The number of likely N-dealkylation sites (tertiary alicyclic amines) is 1. The lowest BCUT2D eigenvalue weighted by Crippen LogP contribution is -2.53. The first-order valence-electron chi connectivity index (χ1n) is 4.89. The Labute approximate surface area is 95.4 Å². The monoisotopic (exact) mass is 240 g/mol. The summed E-state index contributed by atoms with van der Waals surface area (Å²) in [5, 5.41) is 19.5. The second-order valence-corrected chi connectivity index (χ2v) is 3.82. The van der Waals surface area contributed by atoms with Gasteiger partial charge < -0.3 is 10.0 Å². The lowest BCUT2D eigenvalue weighted by atomic mass is 10.1. The third-order valence-corrected chi connectivity index (χ3v) is 2.49. The Balaban J connectivity index is 2.26. The molecule has 1 heterocycles. The van der Waals surface area contributed by atoms with Crippen molar-refractivity contribution in [1.82, 2.24) is 4.90 Å². The minimum Gasteiger partial charge on any atom is -0.389 e. The molecule has 6 nitrogen and oxygen atoms in total. The van der Waals surface area contributed by atoms with Crippen molar-refractivity contribution in [2.24, 2.45) is 0 Å². The number of carbonyl (C=O) groups is 1. The summed E-state index contributed by atoms with van der Waals surface area (Å²) in [7, 11) is 0. The minimum absolute atomic E-state index is 0.0800. The van der Waals surface area contributed by atoms with Gasteiger partial charge in [0.05, 0.1) is 17.1 Å². The maximum atomic E-state index is 13.1. The smallest absolute Gasteiger partial charge is 0.273 e. The molecule has 1 fully saturated rings. The molecule has 17 heavy (non-hydrogen) atoms. The molecule has 1 aromatic rings. The number of benzene rings is 1. The van der Waals surface area contributed by atoms with E-state index < -0.39 is 28.4 Å². The van der Waals surface area contributed by atoms with Crippen molar-refractivity contribution in [3.8, 4) is 0 Å². The maximum absolute atomic E-state index is 13.1. The standard InChI is InChI=1S/C10H9FN2O4/c11-7-1-6(2-8(3-7)13(16)17)10(15)12-4-9(14)5-12/h1-3,9,14H,4-5H2. The molecule has 1 aromatic carbocycles. The van der Waals surface area contributed by atoms with Gasteiger partial charge in [0, 0.05) is 24.7 Å². The van der Waals surface area contributed by atoms with Crippen LogP contribution in [0, 0.1) is 15.9 Å². The van der Waals surface area contributed by atoms with Gasteiger partial charge >= 0.3 is 0 Å². The summed E-state index contributed by atoms with van der Waals surface area (Å²) in [6.45, 7) is 0.340. The van der Waals surface area contributed by atoms with Crippen molar-refractivity contribution in [2.75, 3.05) is 13.1 Å². The molecule has 0 aliphatic carbocycles. The predicted octanol–water partition coefficient (Wildman–Crippen LogP) is 0.551. The van der Waals surface area contributed by atoms with Gasteiger partial charge in [-0.15, -0.1) is 0 Å². The molecule has 0 saturated carbocycles. The van der Waals surface area contributed by atoms with Gasteiger partial charge in [0.15, 0.2) is 0 Å². The molecule has 2 rings (SSSR count). The second-order valence-electron chi connectivity index (χ2n) is 3.82. The minimum atomic E-state index is -0.830. The van der Waals surface area contributed by atoms with E-state index in [4.69, 9.17) is 5.11 Å². The van der Waals surface area contributed by atoms with Crippen molar-refractivity contribution >= 4 is 11.6 Å². The topological polar surface area (TPSA) is 83.7 Å². The van der Waals surface area contributed by atoms with E-state index in [1.54, 1.807) is 0 Å². The largest absolute Gasteiger partial charge is 0.389 e. The van der Waals surface area contributed by atoms with Crippen LogP contribution >= 0.6 is 0 Å². The molecule has 0 spiro atoms. The SMILES string of the molecule is O=C(c1cc(F)cc([N+](=O)[O-])c1)N1CC(O)C1. The van der Waals surface area contributed by atoms with Crippen molar-refractivity contribution in [3.05, 3.63) is 39.7 Å². The summed E-state index contributed by atoms with van der Waals surface area (Å²) < 4.78 is 13.1. The van der Waals surface area contributed by atoms with Gasteiger partial charge in [-0.1, -0.05) is 0 Å². The number of nitro benzene ring substituents is 1. The van der Waals surface area contributed by atoms with Crippen LogP contribution in [0.3, 0.4) is 0 Å². The first-order valence-corrected chi connectivity index (χ1v) is 4.89. The highest BCUT2D eigenvalue weighted by atomic mass is 19.1. The van der Waals surface area contributed by atoms with Crippen LogP contribution in [0.5, 0.6) is 0 Å². The summed E-state index contributed by atoms with van der Waals surface area (Å²) in [5.74, 6) is -1.35. The number of halogens is 1. The van der Waals surface area contributed by atoms with Crippen molar-refractivity contribution in [1.29, 1.82) is 0 Å². The molecule has 1 amide bonds. The highest BCUT2D eigenvalue weighted by molar-refractivity contribution is 5.95. The Morgan fingerprint density at radius 1 is 1.47 bits per heavy atom. The van der Waals surface area contributed by atoms with Gasteiger partial charge in [-0.05, 0) is 6.07 Å². The molecule has 1 N–H and O–H groups in total. The number of non-ortho nitro benzene ring substituents is 1. The molecular formula is C10H9FN2O4. The number of hydrogen-bond acceptors (Lipinski definition) is 4. The fourth-order valence-electron chi connectivity index (χ4n) is 1.61. The van der Waals surface area contributed by atoms with Crippen LogP contribution < -0.4 is 0 Å². The van der Waals surface area contributed by atoms with Crippen LogP contribution in [0.1, 0.15) is 10.4 Å². The van der Waals surface area contributed by atoms with Gasteiger partial charge in [-0.2, -0.15) is 0 Å². The number of hydrogen-bond donors (Lipinski definition) is 1. The van der Waals surface area contributed by atoms with Gasteiger partial charge in [0.1, 0.15) is 5.82 Å². The number of β-amino-alcohol motifs (C(OH)–C–C–N with tert-alkyl or cyclic N) is 1. The van der Waals surface area contributed by atoms with Gasteiger partial charge in [0.2, 0.25) is 0 Å². The Bertz CT molecular complexity index is 485.